The van der Waals surface area contributed by atoms with Gasteiger partial charge in [-0.3, -0.25) is 0 Å². The van der Waals surface area contributed by atoms with Crippen LogP contribution in [-0.4, -0.2) is 41.1 Å². The molecule has 4 N–H and O–H groups in total. The number of rotatable bonds is 4. The number of benzene rings is 1. The van der Waals surface area contributed by atoms with E-state index in [0.29, 0.717) is 23.9 Å². The lowest BCUT2D eigenvalue weighted by molar-refractivity contribution is 0.239. The van der Waals surface area contributed by atoms with Crippen molar-refractivity contribution in [3.8, 4) is 0 Å². The zero-order valence-corrected chi connectivity index (χ0v) is 14.4. The number of aromatic nitrogens is 3. The van der Waals surface area contributed by atoms with E-state index < -0.39 is 0 Å². The topological polar surface area (TPSA) is 92.0 Å². The summed E-state index contributed by atoms with van der Waals surface area (Å²) in [4.78, 5) is 15.4. The van der Waals surface area contributed by atoms with Crippen molar-refractivity contribution in [1.29, 1.82) is 0 Å². The molecule has 2 aliphatic rings. The molecule has 0 aliphatic carbocycles. The fourth-order valence-corrected chi connectivity index (χ4v) is 3.86. The maximum atomic E-state index is 5.92. The second-order valence-corrected chi connectivity index (χ2v) is 7.11. The number of nitrogens with zero attached hydrogens (tertiary/aromatic N) is 4. The van der Waals surface area contributed by atoms with Gasteiger partial charge in [-0.2, -0.15) is 15.0 Å². The molecule has 25 heavy (non-hydrogen) atoms. The Labute approximate surface area is 148 Å². The van der Waals surface area contributed by atoms with Crippen LogP contribution in [-0.2, 0) is 6.54 Å². The molecule has 4 rings (SSSR count). The third-order valence-electron chi connectivity index (χ3n) is 5.22. The molecule has 132 valence electrons. The Morgan fingerprint density at radius 2 is 2.04 bits per heavy atom. The van der Waals surface area contributed by atoms with E-state index in [1.807, 2.05) is 18.2 Å². The third kappa shape index (κ3) is 3.66. The van der Waals surface area contributed by atoms with Crippen molar-refractivity contribution < 1.29 is 0 Å². The summed E-state index contributed by atoms with van der Waals surface area (Å²) in [6, 6.07) is 10.2. The molecule has 0 saturated carbocycles. The molecule has 0 radical (unpaired) electrons. The Morgan fingerprint density at radius 1 is 1.16 bits per heavy atom. The highest BCUT2D eigenvalue weighted by Gasteiger charge is 2.39. The van der Waals surface area contributed by atoms with Gasteiger partial charge in [-0.15, -0.1) is 0 Å². The molecular weight excluding hydrogens is 314 g/mol. The van der Waals surface area contributed by atoms with Gasteiger partial charge in [-0.05, 0) is 31.4 Å². The van der Waals surface area contributed by atoms with Gasteiger partial charge in [-0.25, -0.2) is 0 Å². The minimum absolute atomic E-state index is 0.267. The number of nitrogens with two attached hydrogens (primary N) is 1. The predicted octanol–water partition coefficient (Wildman–Crippen LogP) is 1.65. The van der Waals surface area contributed by atoms with Gasteiger partial charge in [0.1, 0.15) is 0 Å². The smallest absolute Gasteiger partial charge is 0.231 e. The first-order valence-corrected chi connectivity index (χ1v) is 8.98. The molecule has 1 unspecified atom stereocenters. The molecule has 1 aromatic heterocycles. The fraction of sp³-hybridized carbons (Fsp3) is 0.500. The lowest BCUT2D eigenvalue weighted by atomic mass is 9.80. The first-order chi connectivity index (χ1) is 12.2. The summed E-state index contributed by atoms with van der Waals surface area (Å²) in [5, 5.41) is 6.79. The molecular formula is C18H25N7. The molecule has 7 nitrogen and oxygen atoms in total. The highest BCUT2D eigenvalue weighted by Crippen LogP contribution is 2.37. The summed E-state index contributed by atoms with van der Waals surface area (Å²) in [5.74, 6) is 1.49. The molecule has 0 amide bonds. The minimum atomic E-state index is 0.267. The van der Waals surface area contributed by atoms with E-state index in [0.717, 1.165) is 26.2 Å². The lowest BCUT2D eigenvalue weighted by Crippen LogP contribution is -2.42. The summed E-state index contributed by atoms with van der Waals surface area (Å²) in [6.07, 6.45) is 3.70. The molecule has 7 heteroatoms. The van der Waals surface area contributed by atoms with Gasteiger partial charge in [0.05, 0.1) is 0 Å². The van der Waals surface area contributed by atoms with E-state index in [4.69, 9.17) is 5.73 Å². The Morgan fingerprint density at radius 3 is 2.84 bits per heavy atom. The normalized spacial score (nSPS) is 23.1. The van der Waals surface area contributed by atoms with E-state index in [-0.39, 0.29) is 5.95 Å². The van der Waals surface area contributed by atoms with E-state index >= 15 is 0 Å². The minimum Gasteiger partial charge on any atom is -0.368 e. The molecule has 2 aromatic rings. The summed E-state index contributed by atoms with van der Waals surface area (Å²) in [6.45, 7) is 4.85. The van der Waals surface area contributed by atoms with Crippen LogP contribution in [0.15, 0.2) is 30.3 Å². The van der Waals surface area contributed by atoms with E-state index in [2.05, 4.69) is 42.6 Å². The van der Waals surface area contributed by atoms with Crippen LogP contribution in [0.2, 0.25) is 0 Å². The molecule has 1 aromatic carbocycles. The molecule has 2 saturated heterocycles. The third-order valence-corrected chi connectivity index (χ3v) is 5.22. The van der Waals surface area contributed by atoms with Crippen LogP contribution in [0, 0.1) is 5.41 Å². The van der Waals surface area contributed by atoms with Crippen LogP contribution >= 0.6 is 0 Å². The van der Waals surface area contributed by atoms with E-state index in [9.17, 15) is 0 Å². The fourth-order valence-electron chi connectivity index (χ4n) is 3.86. The van der Waals surface area contributed by atoms with Crippen molar-refractivity contribution in [2.45, 2.75) is 25.8 Å². The van der Waals surface area contributed by atoms with Crippen LogP contribution < -0.4 is 21.3 Å². The Bertz CT molecular complexity index is 713. The number of nitrogens with one attached hydrogen (secondary N) is 2. The number of hydrogen-bond donors (Lipinski definition) is 3. The molecule has 2 fully saturated rings. The monoisotopic (exact) mass is 339 g/mol. The van der Waals surface area contributed by atoms with Crippen molar-refractivity contribution in [3.63, 3.8) is 0 Å². The zero-order chi connectivity index (χ0) is 17.1. The first kappa shape index (κ1) is 16.1. The van der Waals surface area contributed by atoms with Crippen molar-refractivity contribution in [2.75, 3.05) is 42.1 Å². The second kappa shape index (κ2) is 6.84. The van der Waals surface area contributed by atoms with Gasteiger partial charge in [0.2, 0.25) is 17.8 Å². The summed E-state index contributed by atoms with van der Waals surface area (Å²) in [7, 11) is 0. The van der Waals surface area contributed by atoms with Crippen LogP contribution in [0.1, 0.15) is 24.8 Å². The van der Waals surface area contributed by atoms with Crippen LogP contribution in [0.5, 0.6) is 0 Å². The van der Waals surface area contributed by atoms with Crippen molar-refractivity contribution in [2.24, 2.45) is 5.41 Å². The number of piperidine rings is 1. The Kier molecular flexibility index (Phi) is 4.40. The molecule has 0 bridgehead atoms. The molecule has 2 aliphatic heterocycles. The second-order valence-electron chi connectivity index (χ2n) is 7.11. The van der Waals surface area contributed by atoms with Crippen LogP contribution in [0.25, 0.3) is 0 Å². The standard InChI is InChI=1S/C18H25N7/c19-15-22-16(21-11-14-5-2-1-3-6-14)24-17(23-15)25-10-8-18(13-25)7-4-9-20-12-18/h1-3,5-6,20H,4,7-13H2,(H3,19,21,22,23,24). The van der Waals surface area contributed by atoms with Crippen LogP contribution in [0.3, 0.4) is 0 Å². The number of anilines is 3. The van der Waals surface area contributed by atoms with E-state index in [1.54, 1.807) is 0 Å². The average Bonchev–Trinajstić information content (AvgIpc) is 3.04. The number of hydrogen-bond acceptors (Lipinski definition) is 7. The summed E-state index contributed by atoms with van der Waals surface area (Å²) >= 11 is 0. The number of nitrogen functional groups attached to an aromatic ring is 1. The van der Waals surface area contributed by atoms with Crippen LogP contribution in [0.4, 0.5) is 17.8 Å². The first-order valence-electron chi connectivity index (χ1n) is 8.98. The maximum absolute atomic E-state index is 5.92. The van der Waals surface area contributed by atoms with Gasteiger partial charge in [0.15, 0.2) is 0 Å². The van der Waals surface area contributed by atoms with Crippen molar-refractivity contribution >= 4 is 17.8 Å². The van der Waals surface area contributed by atoms with Gasteiger partial charge >= 0.3 is 0 Å². The SMILES string of the molecule is Nc1nc(NCc2ccccc2)nc(N2CCC3(CCCNC3)C2)n1. The Hall–Kier alpha value is -2.41. The molecule has 1 spiro atoms. The van der Waals surface area contributed by atoms with Gasteiger partial charge in [-0.1, -0.05) is 30.3 Å². The highest BCUT2D eigenvalue weighted by atomic mass is 15.3. The van der Waals surface area contributed by atoms with Gasteiger partial charge in [0.25, 0.3) is 0 Å². The molecule has 3 heterocycles. The summed E-state index contributed by atoms with van der Waals surface area (Å²) < 4.78 is 0. The van der Waals surface area contributed by atoms with Crippen molar-refractivity contribution in [3.05, 3.63) is 35.9 Å². The van der Waals surface area contributed by atoms with Gasteiger partial charge in [0, 0.05) is 31.6 Å². The zero-order valence-electron chi connectivity index (χ0n) is 14.4. The summed E-state index contributed by atoms with van der Waals surface area (Å²) in [5.41, 5.74) is 7.46. The Balaban J connectivity index is 1.46. The van der Waals surface area contributed by atoms with Gasteiger partial charge < -0.3 is 21.3 Å². The predicted molar refractivity (Wildman–Crippen MR) is 99.4 cm³/mol. The lowest BCUT2D eigenvalue weighted by Gasteiger charge is -2.33. The largest absolute Gasteiger partial charge is 0.368 e. The quantitative estimate of drug-likeness (QED) is 0.780. The highest BCUT2D eigenvalue weighted by molar-refractivity contribution is 5.43. The maximum Gasteiger partial charge on any atom is 0.231 e. The van der Waals surface area contributed by atoms with E-state index in [1.165, 1.54) is 24.8 Å². The van der Waals surface area contributed by atoms with Crippen molar-refractivity contribution in [1.82, 2.24) is 20.3 Å². The molecule has 1 atom stereocenters. The average molecular weight is 339 g/mol.